The summed E-state index contributed by atoms with van der Waals surface area (Å²) in [5.41, 5.74) is 0. The second kappa shape index (κ2) is 9.37. The van der Waals surface area contributed by atoms with Crippen LogP contribution in [0.2, 0.25) is 0 Å². The van der Waals surface area contributed by atoms with Crippen molar-refractivity contribution in [1.82, 2.24) is 4.90 Å². The summed E-state index contributed by atoms with van der Waals surface area (Å²) >= 11 is 0. The first kappa shape index (κ1) is 17.4. The molecule has 0 radical (unpaired) electrons. The standard InChI is InChI=1S/C15H31NO2/c1-6-13(5)11-14(7-2)16(12(3)4)10-8-9-15(17)18/h12-14H,6-11H2,1-5H3,(H,17,18). The van der Waals surface area contributed by atoms with E-state index in [1.54, 1.807) is 0 Å². The fraction of sp³-hybridized carbons (Fsp3) is 0.933. The molecule has 2 unspecified atom stereocenters. The van der Waals surface area contributed by atoms with Gasteiger partial charge < -0.3 is 5.11 Å². The van der Waals surface area contributed by atoms with Crippen molar-refractivity contribution in [2.24, 2.45) is 5.92 Å². The van der Waals surface area contributed by atoms with Crippen LogP contribution in [0.15, 0.2) is 0 Å². The molecule has 3 nitrogen and oxygen atoms in total. The lowest BCUT2D eigenvalue weighted by atomic mass is 9.95. The Bertz CT molecular complexity index is 229. The van der Waals surface area contributed by atoms with E-state index in [0.29, 0.717) is 12.1 Å². The zero-order valence-electron chi connectivity index (χ0n) is 12.8. The van der Waals surface area contributed by atoms with E-state index in [9.17, 15) is 4.79 Å². The maximum atomic E-state index is 10.6. The van der Waals surface area contributed by atoms with Gasteiger partial charge in [-0.1, -0.05) is 27.2 Å². The third-order valence-corrected chi connectivity index (χ3v) is 3.78. The van der Waals surface area contributed by atoms with Gasteiger partial charge in [-0.25, -0.2) is 0 Å². The molecule has 108 valence electrons. The number of aliphatic carboxylic acids is 1. The first-order valence-corrected chi connectivity index (χ1v) is 7.39. The first-order chi connectivity index (χ1) is 8.42. The summed E-state index contributed by atoms with van der Waals surface area (Å²) in [6.07, 6.45) is 4.62. The van der Waals surface area contributed by atoms with Gasteiger partial charge >= 0.3 is 5.97 Å². The molecule has 2 atom stereocenters. The topological polar surface area (TPSA) is 40.5 Å². The van der Waals surface area contributed by atoms with Crippen molar-refractivity contribution in [1.29, 1.82) is 0 Å². The van der Waals surface area contributed by atoms with Gasteiger partial charge in [-0.05, 0) is 45.6 Å². The summed E-state index contributed by atoms with van der Waals surface area (Å²) in [6.45, 7) is 12.1. The Balaban J connectivity index is 4.38. The molecular formula is C15H31NO2. The molecular weight excluding hydrogens is 226 g/mol. The number of nitrogens with zero attached hydrogens (tertiary/aromatic N) is 1. The van der Waals surface area contributed by atoms with Crippen LogP contribution >= 0.6 is 0 Å². The second-order valence-corrected chi connectivity index (χ2v) is 5.64. The van der Waals surface area contributed by atoms with Crippen LogP contribution in [0.25, 0.3) is 0 Å². The highest BCUT2D eigenvalue weighted by atomic mass is 16.4. The zero-order chi connectivity index (χ0) is 14.1. The van der Waals surface area contributed by atoms with Crippen molar-refractivity contribution in [2.45, 2.75) is 78.8 Å². The summed E-state index contributed by atoms with van der Waals surface area (Å²) in [6, 6.07) is 1.08. The van der Waals surface area contributed by atoms with E-state index in [1.165, 1.54) is 12.8 Å². The molecule has 0 aromatic rings. The van der Waals surface area contributed by atoms with Crippen LogP contribution < -0.4 is 0 Å². The van der Waals surface area contributed by atoms with Crippen LogP contribution in [0, 0.1) is 5.92 Å². The van der Waals surface area contributed by atoms with Crippen LogP contribution in [-0.4, -0.2) is 34.6 Å². The van der Waals surface area contributed by atoms with Gasteiger partial charge in [-0.3, -0.25) is 9.69 Å². The van der Waals surface area contributed by atoms with Crippen molar-refractivity contribution >= 4 is 5.97 Å². The Kier molecular flexibility index (Phi) is 9.08. The minimum Gasteiger partial charge on any atom is -0.481 e. The van der Waals surface area contributed by atoms with Crippen molar-refractivity contribution in [3.8, 4) is 0 Å². The van der Waals surface area contributed by atoms with E-state index in [-0.39, 0.29) is 6.42 Å². The van der Waals surface area contributed by atoms with Crippen LogP contribution in [0.3, 0.4) is 0 Å². The van der Waals surface area contributed by atoms with Gasteiger partial charge in [0.2, 0.25) is 0 Å². The molecule has 0 aliphatic carbocycles. The molecule has 18 heavy (non-hydrogen) atoms. The molecule has 0 amide bonds. The predicted molar refractivity (Wildman–Crippen MR) is 76.9 cm³/mol. The lowest BCUT2D eigenvalue weighted by Gasteiger charge is -2.36. The van der Waals surface area contributed by atoms with Gasteiger partial charge in [0, 0.05) is 18.5 Å². The predicted octanol–water partition coefficient (Wildman–Crippen LogP) is 3.78. The molecule has 0 aliphatic heterocycles. The van der Waals surface area contributed by atoms with E-state index in [0.717, 1.165) is 25.3 Å². The van der Waals surface area contributed by atoms with Gasteiger partial charge in [0.15, 0.2) is 0 Å². The van der Waals surface area contributed by atoms with E-state index < -0.39 is 5.97 Å². The summed E-state index contributed by atoms with van der Waals surface area (Å²) < 4.78 is 0. The number of carboxylic acid groups (broad SMARTS) is 1. The Labute approximate surface area is 113 Å². The smallest absolute Gasteiger partial charge is 0.303 e. The highest BCUT2D eigenvalue weighted by molar-refractivity contribution is 5.66. The molecule has 0 saturated carbocycles. The zero-order valence-corrected chi connectivity index (χ0v) is 12.8. The number of carboxylic acids is 1. The van der Waals surface area contributed by atoms with Crippen molar-refractivity contribution < 1.29 is 9.90 Å². The van der Waals surface area contributed by atoms with E-state index >= 15 is 0 Å². The molecule has 0 aliphatic rings. The van der Waals surface area contributed by atoms with Crippen LogP contribution in [0.1, 0.15) is 66.7 Å². The van der Waals surface area contributed by atoms with Crippen molar-refractivity contribution in [3.63, 3.8) is 0 Å². The number of carbonyl (C=O) groups is 1. The van der Waals surface area contributed by atoms with Crippen LogP contribution in [-0.2, 0) is 4.79 Å². The Morgan fingerprint density at radius 1 is 1.17 bits per heavy atom. The minimum atomic E-state index is -0.686. The maximum absolute atomic E-state index is 10.6. The fourth-order valence-corrected chi connectivity index (χ4v) is 2.44. The molecule has 0 spiro atoms. The monoisotopic (exact) mass is 257 g/mol. The average Bonchev–Trinajstić information content (AvgIpc) is 2.31. The van der Waals surface area contributed by atoms with Gasteiger partial charge in [0.25, 0.3) is 0 Å². The number of hydrogen-bond acceptors (Lipinski definition) is 2. The summed E-state index contributed by atoms with van der Waals surface area (Å²) in [5, 5.41) is 8.73. The Morgan fingerprint density at radius 2 is 1.78 bits per heavy atom. The quantitative estimate of drug-likeness (QED) is 0.647. The van der Waals surface area contributed by atoms with Gasteiger partial charge in [-0.15, -0.1) is 0 Å². The molecule has 0 fully saturated rings. The average molecular weight is 257 g/mol. The normalized spacial score (nSPS) is 15.1. The van der Waals surface area contributed by atoms with Crippen molar-refractivity contribution in [3.05, 3.63) is 0 Å². The molecule has 1 N–H and O–H groups in total. The van der Waals surface area contributed by atoms with Gasteiger partial charge in [-0.2, -0.15) is 0 Å². The van der Waals surface area contributed by atoms with Crippen LogP contribution in [0.4, 0.5) is 0 Å². The summed E-state index contributed by atoms with van der Waals surface area (Å²) in [4.78, 5) is 13.1. The third kappa shape index (κ3) is 7.00. The van der Waals surface area contributed by atoms with Gasteiger partial charge in [0.1, 0.15) is 0 Å². The summed E-state index contributed by atoms with van der Waals surface area (Å²) in [7, 11) is 0. The molecule has 0 aromatic carbocycles. The summed E-state index contributed by atoms with van der Waals surface area (Å²) in [5.74, 6) is 0.0596. The Hall–Kier alpha value is -0.570. The second-order valence-electron chi connectivity index (χ2n) is 5.64. The molecule has 0 bridgehead atoms. The molecule has 0 heterocycles. The minimum absolute atomic E-state index is 0.281. The third-order valence-electron chi connectivity index (χ3n) is 3.78. The van der Waals surface area contributed by atoms with E-state index in [4.69, 9.17) is 5.11 Å². The fourth-order valence-electron chi connectivity index (χ4n) is 2.44. The molecule has 3 heteroatoms. The SMILES string of the molecule is CCC(C)CC(CC)N(CCCC(=O)O)C(C)C. The van der Waals surface area contributed by atoms with Crippen molar-refractivity contribution in [2.75, 3.05) is 6.54 Å². The highest BCUT2D eigenvalue weighted by Gasteiger charge is 2.21. The van der Waals surface area contributed by atoms with E-state index in [2.05, 4.69) is 39.5 Å². The molecule has 0 saturated heterocycles. The van der Waals surface area contributed by atoms with Gasteiger partial charge in [0.05, 0.1) is 0 Å². The largest absolute Gasteiger partial charge is 0.481 e. The lowest BCUT2D eigenvalue weighted by Crippen LogP contribution is -2.41. The first-order valence-electron chi connectivity index (χ1n) is 7.39. The number of hydrogen-bond donors (Lipinski definition) is 1. The maximum Gasteiger partial charge on any atom is 0.303 e. The van der Waals surface area contributed by atoms with E-state index in [1.807, 2.05) is 0 Å². The Morgan fingerprint density at radius 3 is 2.17 bits per heavy atom. The molecule has 0 rings (SSSR count). The lowest BCUT2D eigenvalue weighted by molar-refractivity contribution is -0.137. The van der Waals surface area contributed by atoms with Crippen LogP contribution in [0.5, 0.6) is 0 Å². The molecule has 0 aromatic heterocycles. The highest BCUT2D eigenvalue weighted by Crippen LogP contribution is 2.20. The number of rotatable bonds is 10.